The highest BCUT2D eigenvalue weighted by Crippen LogP contribution is 2.55. The molecule has 0 saturated heterocycles. The number of halogens is 14. The summed E-state index contributed by atoms with van der Waals surface area (Å²) in [6.45, 7) is -6.41. The SMILES string of the molecule is O=P(OCC(F)(F)C(F)(F)C(F)(F)F)(OCC(F)(F)C(F)(F)C(F)(F)F)Oc1ccccc1. The molecule has 0 aliphatic heterocycles. The zero-order valence-corrected chi connectivity index (χ0v) is 16.1. The molecule has 0 amide bonds. The molecule has 1 aromatic rings. The molecule has 0 aliphatic carbocycles. The van der Waals surface area contributed by atoms with E-state index in [1.807, 2.05) is 0 Å². The molecule has 0 radical (unpaired) electrons. The topological polar surface area (TPSA) is 44.8 Å². The van der Waals surface area contributed by atoms with E-state index in [1.54, 1.807) is 0 Å². The minimum atomic E-state index is -6.90. The molecule has 19 heteroatoms. The van der Waals surface area contributed by atoms with Crippen LogP contribution in [-0.4, -0.2) is 49.3 Å². The van der Waals surface area contributed by atoms with Gasteiger partial charge in [-0.3, -0.25) is 9.05 Å². The lowest BCUT2D eigenvalue weighted by Crippen LogP contribution is -2.54. The maximum absolute atomic E-state index is 13.3. The average Bonchev–Trinajstić information content (AvgIpc) is 2.64. The lowest BCUT2D eigenvalue weighted by molar-refractivity contribution is -0.360. The van der Waals surface area contributed by atoms with Crippen molar-refractivity contribution in [1.82, 2.24) is 0 Å². The zero-order chi connectivity index (χ0) is 26.1. The third kappa shape index (κ3) is 6.41. The van der Waals surface area contributed by atoms with Gasteiger partial charge >= 0.3 is 43.9 Å². The molecule has 0 spiro atoms. The number of alkyl halides is 14. The average molecular weight is 538 g/mol. The van der Waals surface area contributed by atoms with Crippen LogP contribution in [0.15, 0.2) is 30.3 Å². The van der Waals surface area contributed by atoms with Gasteiger partial charge in [0.2, 0.25) is 0 Å². The summed E-state index contributed by atoms with van der Waals surface area (Å²) >= 11 is 0. The van der Waals surface area contributed by atoms with Crippen LogP contribution in [-0.2, 0) is 13.6 Å². The second kappa shape index (κ2) is 9.09. The number of hydrogen-bond acceptors (Lipinski definition) is 4. The Morgan fingerprint density at radius 1 is 0.606 bits per heavy atom. The minimum absolute atomic E-state index is 0.740. The lowest BCUT2D eigenvalue weighted by Gasteiger charge is -2.30. The van der Waals surface area contributed by atoms with Crippen molar-refractivity contribution >= 4 is 7.82 Å². The molecule has 0 atom stereocenters. The Kier molecular flexibility index (Phi) is 8.05. The van der Waals surface area contributed by atoms with E-state index in [0.29, 0.717) is 0 Å². The first-order valence-corrected chi connectivity index (χ1v) is 9.24. The van der Waals surface area contributed by atoms with Gasteiger partial charge in [-0.05, 0) is 12.1 Å². The fourth-order valence-electron chi connectivity index (χ4n) is 1.62. The molecular formula is C14H9F14O4P. The van der Waals surface area contributed by atoms with Gasteiger partial charge in [0.15, 0.2) is 0 Å². The molecule has 0 fully saturated rings. The van der Waals surface area contributed by atoms with Crippen molar-refractivity contribution < 1.29 is 79.6 Å². The van der Waals surface area contributed by atoms with Crippen LogP contribution in [0.2, 0.25) is 0 Å². The van der Waals surface area contributed by atoms with Crippen LogP contribution < -0.4 is 4.52 Å². The molecule has 0 saturated carbocycles. The third-order valence-corrected chi connectivity index (χ3v) is 4.72. The van der Waals surface area contributed by atoms with Gasteiger partial charge in [-0.2, -0.15) is 61.5 Å². The third-order valence-electron chi connectivity index (χ3n) is 3.40. The summed E-state index contributed by atoms with van der Waals surface area (Å²) in [6.07, 6.45) is -13.8. The van der Waals surface area contributed by atoms with Crippen LogP contribution >= 0.6 is 7.82 Å². The van der Waals surface area contributed by atoms with Gasteiger partial charge in [-0.1, -0.05) is 18.2 Å². The molecule has 33 heavy (non-hydrogen) atoms. The van der Waals surface area contributed by atoms with E-state index in [0.717, 1.165) is 24.3 Å². The highest BCUT2D eigenvalue weighted by atomic mass is 31.2. The lowest BCUT2D eigenvalue weighted by atomic mass is 10.2. The monoisotopic (exact) mass is 538 g/mol. The van der Waals surface area contributed by atoms with Crippen LogP contribution in [0.25, 0.3) is 0 Å². The van der Waals surface area contributed by atoms with Crippen LogP contribution in [0.5, 0.6) is 5.75 Å². The number of para-hydroxylation sites is 1. The summed E-state index contributed by atoms with van der Waals surface area (Å²) in [5.74, 6) is -27.0. The Hall–Kier alpha value is -1.81. The molecule has 0 bridgehead atoms. The number of phosphoric ester groups is 1. The smallest absolute Gasteiger partial charge is 0.404 e. The number of benzene rings is 1. The highest BCUT2D eigenvalue weighted by Gasteiger charge is 2.74. The van der Waals surface area contributed by atoms with Crippen molar-refractivity contribution in [1.29, 1.82) is 0 Å². The van der Waals surface area contributed by atoms with Gasteiger partial charge in [-0.25, -0.2) is 4.57 Å². The van der Waals surface area contributed by atoms with Crippen molar-refractivity contribution in [3.63, 3.8) is 0 Å². The predicted molar refractivity (Wildman–Crippen MR) is 78.5 cm³/mol. The second-order valence-corrected chi connectivity index (χ2v) is 7.55. The van der Waals surface area contributed by atoms with Crippen LogP contribution in [0.4, 0.5) is 61.5 Å². The van der Waals surface area contributed by atoms with Crippen molar-refractivity contribution in [2.45, 2.75) is 36.0 Å². The maximum atomic E-state index is 13.3. The summed E-state index contributed by atoms with van der Waals surface area (Å²) < 4.78 is 201. The molecule has 1 rings (SSSR count). The normalized spacial score (nSPS) is 15.0. The molecule has 0 heterocycles. The molecule has 0 unspecified atom stereocenters. The Labute approximate surface area is 174 Å². The Morgan fingerprint density at radius 2 is 0.939 bits per heavy atom. The van der Waals surface area contributed by atoms with Crippen LogP contribution in [0.3, 0.4) is 0 Å². The largest absolute Gasteiger partial charge is 0.530 e. The Bertz CT molecular complexity index is 791. The zero-order valence-electron chi connectivity index (χ0n) is 15.2. The van der Waals surface area contributed by atoms with E-state index in [1.165, 1.54) is 6.07 Å². The second-order valence-electron chi connectivity index (χ2n) is 5.95. The molecule has 0 aliphatic rings. The molecular weight excluding hydrogens is 529 g/mol. The Morgan fingerprint density at radius 3 is 1.24 bits per heavy atom. The molecule has 4 nitrogen and oxygen atoms in total. The Balaban J connectivity index is 3.20. The summed E-state index contributed by atoms with van der Waals surface area (Å²) in [6, 6.07) is 4.71. The van der Waals surface area contributed by atoms with E-state index in [9.17, 15) is 66.0 Å². The summed E-state index contributed by atoms with van der Waals surface area (Å²) in [4.78, 5) is 0. The standard InChI is InChI=1S/C14H9F14O4P/c15-9(16,11(19,20)13(23,24)25)6-30-33(29,32-8-4-2-1-3-5-8)31-7-10(17,18)12(21,22)14(26,27)28/h1-5H,6-7H2. The van der Waals surface area contributed by atoms with Gasteiger partial charge in [-0.15, -0.1) is 0 Å². The molecule has 192 valence electrons. The number of rotatable bonds is 10. The van der Waals surface area contributed by atoms with Crippen LogP contribution in [0, 0.1) is 0 Å². The summed E-state index contributed by atoms with van der Waals surface area (Å²) in [7, 11) is -6.24. The van der Waals surface area contributed by atoms with Crippen molar-refractivity contribution in [3.8, 4) is 5.75 Å². The maximum Gasteiger partial charge on any atom is 0.530 e. The fourth-order valence-corrected chi connectivity index (χ4v) is 2.82. The van der Waals surface area contributed by atoms with Gasteiger partial charge in [0.25, 0.3) is 0 Å². The summed E-state index contributed by atoms with van der Waals surface area (Å²) in [5, 5.41) is 0. The number of phosphoric acid groups is 1. The predicted octanol–water partition coefficient (Wildman–Crippen LogP) is 6.87. The van der Waals surface area contributed by atoms with Gasteiger partial charge in [0.1, 0.15) is 19.0 Å². The quantitative estimate of drug-likeness (QED) is 0.241. The van der Waals surface area contributed by atoms with Crippen molar-refractivity contribution in [3.05, 3.63) is 30.3 Å². The van der Waals surface area contributed by atoms with E-state index in [4.69, 9.17) is 0 Å². The minimum Gasteiger partial charge on any atom is -0.404 e. The molecule has 0 aromatic heterocycles. The van der Waals surface area contributed by atoms with Gasteiger partial charge < -0.3 is 4.52 Å². The summed E-state index contributed by atoms with van der Waals surface area (Å²) in [5.41, 5.74) is 0. The van der Waals surface area contributed by atoms with Gasteiger partial charge in [0, 0.05) is 0 Å². The van der Waals surface area contributed by atoms with Crippen molar-refractivity contribution in [2.75, 3.05) is 13.2 Å². The van der Waals surface area contributed by atoms with E-state index in [2.05, 4.69) is 13.6 Å². The van der Waals surface area contributed by atoms with Crippen molar-refractivity contribution in [2.24, 2.45) is 0 Å². The number of hydrogen-bond donors (Lipinski definition) is 0. The first-order chi connectivity index (χ1) is 14.5. The van der Waals surface area contributed by atoms with E-state index in [-0.39, 0.29) is 0 Å². The van der Waals surface area contributed by atoms with Crippen LogP contribution in [0.1, 0.15) is 0 Å². The first kappa shape index (κ1) is 29.2. The molecule has 1 aromatic carbocycles. The molecule has 0 N–H and O–H groups in total. The highest BCUT2D eigenvalue weighted by molar-refractivity contribution is 7.48. The van der Waals surface area contributed by atoms with E-state index >= 15 is 0 Å². The van der Waals surface area contributed by atoms with E-state index < -0.39 is 62.8 Å². The first-order valence-electron chi connectivity index (χ1n) is 7.78. The fraction of sp³-hybridized carbons (Fsp3) is 0.571. The van der Waals surface area contributed by atoms with Gasteiger partial charge in [0.05, 0.1) is 0 Å².